The first kappa shape index (κ1) is 13.9. The third-order valence-electron chi connectivity index (χ3n) is 2.95. The van der Waals surface area contributed by atoms with Crippen LogP contribution in [0, 0.1) is 29.6 Å². The van der Waals surface area contributed by atoms with Gasteiger partial charge in [0.25, 0.3) is 0 Å². The molecule has 20 heavy (non-hydrogen) atoms. The minimum absolute atomic E-state index is 0.159. The number of benzene rings is 1. The molecule has 0 aliphatic carbocycles. The molecule has 0 unspecified atom stereocenters. The van der Waals surface area contributed by atoms with Crippen molar-refractivity contribution in [3.05, 3.63) is 41.0 Å². The van der Waals surface area contributed by atoms with Crippen molar-refractivity contribution in [2.45, 2.75) is 11.9 Å². The average Bonchev–Trinajstić information content (AvgIpc) is 2.46. The predicted molar refractivity (Wildman–Crippen MR) is 80.0 cm³/mol. The third-order valence-corrected chi connectivity index (χ3v) is 3.63. The van der Waals surface area contributed by atoms with Crippen LogP contribution in [0.1, 0.15) is 16.7 Å². The number of pyridine rings is 1. The van der Waals surface area contributed by atoms with Gasteiger partial charge in [-0.2, -0.15) is 10.5 Å². The molecule has 0 spiro atoms. The monoisotopic (exact) mass is 280 g/mol. The zero-order valence-electron chi connectivity index (χ0n) is 11.1. The van der Waals surface area contributed by atoms with Gasteiger partial charge < -0.3 is 5.73 Å². The van der Waals surface area contributed by atoms with Gasteiger partial charge in [0.15, 0.2) is 0 Å². The zero-order valence-corrected chi connectivity index (χ0v) is 12.0. The van der Waals surface area contributed by atoms with E-state index < -0.39 is 0 Å². The summed E-state index contributed by atoms with van der Waals surface area (Å²) in [5, 5.41) is 19.3. The van der Waals surface area contributed by atoms with Crippen molar-refractivity contribution in [3.8, 4) is 23.3 Å². The highest BCUT2D eigenvalue weighted by Gasteiger charge is 2.19. The number of aromatic nitrogens is 1. The van der Waals surface area contributed by atoms with Crippen LogP contribution in [0.5, 0.6) is 0 Å². The number of rotatable bonds is 2. The first-order valence-corrected chi connectivity index (χ1v) is 7.09. The molecule has 0 atom stereocenters. The van der Waals surface area contributed by atoms with Gasteiger partial charge in [-0.05, 0) is 18.7 Å². The van der Waals surface area contributed by atoms with Crippen molar-refractivity contribution >= 4 is 17.6 Å². The molecule has 2 N–H and O–H groups in total. The number of hydrogen-bond acceptors (Lipinski definition) is 5. The highest BCUT2D eigenvalue weighted by molar-refractivity contribution is 7.98. The lowest BCUT2D eigenvalue weighted by Gasteiger charge is -2.12. The maximum Gasteiger partial charge on any atom is 0.143 e. The Labute approximate surface area is 121 Å². The Balaban J connectivity index is 2.85. The van der Waals surface area contributed by atoms with E-state index in [-0.39, 0.29) is 11.4 Å². The van der Waals surface area contributed by atoms with E-state index in [9.17, 15) is 10.5 Å². The molecule has 0 saturated heterocycles. The number of nitrogens with two attached hydrogens (primary N) is 1. The maximum atomic E-state index is 9.40. The van der Waals surface area contributed by atoms with Crippen LogP contribution in [0.2, 0.25) is 0 Å². The van der Waals surface area contributed by atoms with Gasteiger partial charge in [-0.15, -0.1) is 11.8 Å². The van der Waals surface area contributed by atoms with E-state index in [0.29, 0.717) is 16.2 Å². The van der Waals surface area contributed by atoms with E-state index in [1.54, 1.807) is 0 Å². The van der Waals surface area contributed by atoms with Crippen LogP contribution in [0.25, 0.3) is 11.1 Å². The lowest BCUT2D eigenvalue weighted by Crippen LogP contribution is -2.03. The van der Waals surface area contributed by atoms with Gasteiger partial charge in [0, 0.05) is 5.56 Å². The molecule has 2 aromatic rings. The van der Waals surface area contributed by atoms with Crippen LogP contribution < -0.4 is 5.73 Å². The second-order valence-corrected chi connectivity index (χ2v) is 5.02. The minimum Gasteiger partial charge on any atom is -0.383 e. The molecule has 0 radical (unpaired) electrons. The van der Waals surface area contributed by atoms with E-state index in [4.69, 9.17) is 5.73 Å². The Morgan fingerprint density at radius 1 is 1.10 bits per heavy atom. The molecule has 0 fully saturated rings. The van der Waals surface area contributed by atoms with Gasteiger partial charge >= 0.3 is 0 Å². The van der Waals surface area contributed by atoms with Crippen molar-refractivity contribution in [3.63, 3.8) is 0 Å². The molecule has 1 heterocycles. The SMILES string of the molecule is CSc1nc(N)c(C#N)c(-c2ccc(C)cc2)c1C#N. The summed E-state index contributed by atoms with van der Waals surface area (Å²) in [6, 6.07) is 11.8. The normalized spacial score (nSPS) is 9.80. The standard InChI is InChI=1S/C15H12N4S/c1-9-3-5-10(6-4-9)13-11(7-16)14(18)19-15(20-2)12(13)8-17/h3-6H,1-2H3,(H2,18,19). The maximum absolute atomic E-state index is 9.40. The summed E-state index contributed by atoms with van der Waals surface area (Å²) in [5.41, 5.74) is 8.96. The number of nitrogens with zero attached hydrogens (tertiary/aromatic N) is 3. The topological polar surface area (TPSA) is 86.5 Å². The molecule has 0 bridgehead atoms. The molecule has 5 heteroatoms. The number of aryl methyl sites for hydroxylation is 1. The molecular formula is C15H12N4S. The summed E-state index contributed by atoms with van der Waals surface area (Å²) in [5.74, 6) is 0.159. The Morgan fingerprint density at radius 2 is 1.70 bits per heavy atom. The quantitative estimate of drug-likeness (QED) is 0.854. The number of nitrogen functional groups attached to an aromatic ring is 1. The first-order valence-electron chi connectivity index (χ1n) is 5.87. The summed E-state index contributed by atoms with van der Waals surface area (Å²) in [6.45, 7) is 1.98. The molecule has 98 valence electrons. The molecule has 0 amide bonds. The van der Waals surface area contributed by atoms with Crippen LogP contribution in [-0.2, 0) is 0 Å². The summed E-state index contributed by atoms with van der Waals surface area (Å²) in [7, 11) is 0. The molecule has 1 aromatic carbocycles. The van der Waals surface area contributed by atoms with Gasteiger partial charge in [0.2, 0.25) is 0 Å². The Kier molecular flexibility index (Phi) is 3.93. The van der Waals surface area contributed by atoms with Crippen LogP contribution >= 0.6 is 11.8 Å². The number of anilines is 1. The fourth-order valence-electron chi connectivity index (χ4n) is 1.95. The van der Waals surface area contributed by atoms with Crippen molar-refractivity contribution in [1.29, 1.82) is 10.5 Å². The van der Waals surface area contributed by atoms with Gasteiger partial charge in [-0.3, -0.25) is 0 Å². The van der Waals surface area contributed by atoms with Gasteiger partial charge in [0.05, 0.1) is 5.56 Å². The minimum atomic E-state index is 0.159. The fourth-order valence-corrected chi connectivity index (χ4v) is 2.50. The van der Waals surface area contributed by atoms with Crippen molar-refractivity contribution < 1.29 is 0 Å². The Bertz CT molecular complexity index is 736. The van der Waals surface area contributed by atoms with E-state index in [0.717, 1.165) is 11.1 Å². The second kappa shape index (κ2) is 5.64. The molecule has 2 rings (SSSR count). The average molecular weight is 280 g/mol. The van der Waals surface area contributed by atoms with Gasteiger partial charge in [-0.25, -0.2) is 4.98 Å². The highest BCUT2D eigenvalue weighted by Crippen LogP contribution is 2.34. The highest BCUT2D eigenvalue weighted by atomic mass is 32.2. The van der Waals surface area contributed by atoms with Crippen LogP contribution in [-0.4, -0.2) is 11.2 Å². The molecule has 0 saturated carbocycles. The van der Waals surface area contributed by atoms with Gasteiger partial charge in [-0.1, -0.05) is 29.8 Å². The lowest BCUT2D eigenvalue weighted by atomic mass is 9.96. The van der Waals surface area contributed by atoms with E-state index in [1.807, 2.05) is 37.4 Å². The van der Waals surface area contributed by atoms with Crippen molar-refractivity contribution in [2.75, 3.05) is 12.0 Å². The lowest BCUT2D eigenvalue weighted by molar-refractivity contribution is 1.12. The van der Waals surface area contributed by atoms with Crippen LogP contribution in [0.4, 0.5) is 5.82 Å². The summed E-state index contributed by atoms with van der Waals surface area (Å²) < 4.78 is 0. The third kappa shape index (κ3) is 2.32. The molecule has 1 aromatic heterocycles. The predicted octanol–water partition coefficient (Wildman–Crippen LogP) is 3.10. The van der Waals surface area contributed by atoms with Gasteiger partial charge in [0.1, 0.15) is 28.5 Å². The number of thioether (sulfide) groups is 1. The fraction of sp³-hybridized carbons (Fsp3) is 0.133. The van der Waals surface area contributed by atoms with Crippen LogP contribution in [0.15, 0.2) is 29.3 Å². The largest absolute Gasteiger partial charge is 0.383 e. The molecule has 4 nitrogen and oxygen atoms in total. The molecule has 0 aliphatic rings. The van der Waals surface area contributed by atoms with E-state index in [1.165, 1.54) is 11.8 Å². The second-order valence-electron chi connectivity index (χ2n) is 4.22. The number of hydrogen-bond donors (Lipinski definition) is 1. The van der Waals surface area contributed by atoms with Crippen molar-refractivity contribution in [2.24, 2.45) is 0 Å². The number of nitriles is 2. The summed E-state index contributed by atoms with van der Waals surface area (Å²) in [4.78, 5) is 4.13. The smallest absolute Gasteiger partial charge is 0.143 e. The van der Waals surface area contributed by atoms with Crippen molar-refractivity contribution in [1.82, 2.24) is 4.98 Å². The van der Waals surface area contributed by atoms with E-state index in [2.05, 4.69) is 17.1 Å². The molecule has 0 aliphatic heterocycles. The molecular weight excluding hydrogens is 268 g/mol. The van der Waals surface area contributed by atoms with E-state index >= 15 is 0 Å². The summed E-state index contributed by atoms with van der Waals surface area (Å²) >= 11 is 1.34. The Morgan fingerprint density at radius 3 is 2.20 bits per heavy atom. The van der Waals surface area contributed by atoms with Crippen LogP contribution in [0.3, 0.4) is 0 Å². The first-order chi connectivity index (χ1) is 9.62. The zero-order chi connectivity index (χ0) is 14.7. The Hall–Kier alpha value is -2.50. The summed E-state index contributed by atoms with van der Waals surface area (Å²) in [6.07, 6.45) is 1.83.